The standard InChI is InChI=1S/C24H25N5O4/c1-26-21-20(22(30)27(24(26)31)13-14-32-2)28-15-19(16-7-5-4-6-8-16)29(23(28)25-21)17-9-11-18(33-3)12-10-17/h4-12,15,20-21H,13-14H2,1-3H3. The Bertz CT molecular complexity index is 1130. The number of rotatable bonds is 6. The molecular formula is C24H25N5O4. The second kappa shape index (κ2) is 8.25. The summed E-state index contributed by atoms with van der Waals surface area (Å²) in [5.74, 6) is 1.08. The molecule has 5 rings (SSSR count). The molecule has 33 heavy (non-hydrogen) atoms. The molecule has 0 radical (unpaired) electrons. The second-order valence-corrected chi connectivity index (χ2v) is 7.98. The molecule has 0 N–H and O–H groups in total. The van der Waals surface area contributed by atoms with E-state index >= 15 is 0 Å². The van der Waals surface area contributed by atoms with Gasteiger partial charge in [0, 0.05) is 31.6 Å². The number of hydrogen-bond acceptors (Lipinski definition) is 7. The average molecular weight is 447 g/mol. The molecule has 0 aromatic heterocycles. The van der Waals surface area contributed by atoms with Gasteiger partial charge in [-0.2, -0.15) is 0 Å². The van der Waals surface area contributed by atoms with Gasteiger partial charge in [-0.15, -0.1) is 0 Å². The summed E-state index contributed by atoms with van der Waals surface area (Å²) in [5.41, 5.74) is 2.77. The highest BCUT2D eigenvalue weighted by molar-refractivity contribution is 6.16. The Balaban J connectivity index is 1.58. The van der Waals surface area contributed by atoms with Crippen LogP contribution in [0, 0.1) is 0 Å². The lowest BCUT2D eigenvalue weighted by atomic mass is 10.1. The lowest BCUT2D eigenvalue weighted by molar-refractivity contribution is -0.137. The van der Waals surface area contributed by atoms with Crippen molar-refractivity contribution >= 4 is 29.3 Å². The Morgan fingerprint density at radius 3 is 2.39 bits per heavy atom. The zero-order valence-corrected chi connectivity index (χ0v) is 18.7. The van der Waals surface area contributed by atoms with Gasteiger partial charge in [0.1, 0.15) is 5.75 Å². The largest absolute Gasteiger partial charge is 0.497 e. The van der Waals surface area contributed by atoms with Gasteiger partial charge in [0.2, 0.25) is 5.96 Å². The summed E-state index contributed by atoms with van der Waals surface area (Å²) in [6.07, 6.45) is 1.34. The Kier molecular flexibility index (Phi) is 5.26. The molecule has 170 valence electrons. The Morgan fingerprint density at radius 2 is 1.73 bits per heavy atom. The molecule has 0 saturated carbocycles. The van der Waals surface area contributed by atoms with Crippen LogP contribution in [0.2, 0.25) is 0 Å². The molecule has 1 saturated heterocycles. The van der Waals surface area contributed by atoms with Gasteiger partial charge in [-0.25, -0.2) is 9.79 Å². The highest BCUT2D eigenvalue weighted by Crippen LogP contribution is 2.40. The van der Waals surface area contributed by atoms with Crippen molar-refractivity contribution in [3.63, 3.8) is 0 Å². The number of amides is 3. The monoisotopic (exact) mass is 447 g/mol. The maximum atomic E-state index is 13.4. The second-order valence-electron chi connectivity index (χ2n) is 7.98. The fourth-order valence-corrected chi connectivity index (χ4v) is 4.42. The molecule has 9 nitrogen and oxygen atoms in total. The van der Waals surface area contributed by atoms with Crippen molar-refractivity contribution in [1.82, 2.24) is 14.7 Å². The van der Waals surface area contributed by atoms with E-state index in [1.165, 1.54) is 9.80 Å². The zero-order valence-electron chi connectivity index (χ0n) is 18.7. The maximum absolute atomic E-state index is 13.4. The lowest BCUT2D eigenvalue weighted by Gasteiger charge is -2.40. The van der Waals surface area contributed by atoms with Crippen molar-refractivity contribution in [1.29, 1.82) is 0 Å². The summed E-state index contributed by atoms with van der Waals surface area (Å²) >= 11 is 0. The van der Waals surface area contributed by atoms with E-state index in [4.69, 9.17) is 14.5 Å². The number of ether oxygens (including phenoxy) is 2. The number of nitrogens with zero attached hydrogens (tertiary/aromatic N) is 5. The Hall–Kier alpha value is -3.85. The van der Waals surface area contributed by atoms with Crippen LogP contribution in [0.5, 0.6) is 5.75 Å². The molecule has 3 aliphatic heterocycles. The number of benzene rings is 2. The van der Waals surface area contributed by atoms with Crippen LogP contribution in [-0.2, 0) is 9.53 Å². The van der Waals surface area contributed by atoms with Crippen molar-refractivity contribution in [3.8, 4) is 5.75 Å². The number of carbonyl (C=O) groups excluding carboxylic acids is 2. The molecule has 3 aliphatic rings. The van der Waals surface area contributed by atoms with Crippen LogP contribution in [0.25, 0.3) is 5.70 Å². The minimum absolute atomic E-state index is 0.197. The molecule has 9 heteroatoms. The Labute approximate surface area is 192 Å². The van der Waals surface area contributed by atoms with E-state index in [-0.39, 0.29) is 25.1 Å². The lowest BCUT2D eigenvalue weighted by Crippen LogP contribution is -2.64. The van der Waals surface area contributed by atoms with Crippen LogP contribution in [0.4, 0.5) is 10.5 Å². The van der Waals surface area contributed by atoms with Gasteiger partial charge in [-0.3, -0.25) is 19.5 Å². The number of hydrogen-bond donors (Lipinski definition) is 0. The first-order chi connectivity index (χ1) is 16.0. The summed E-state index contributed by atoms with van der Waals surface area (Å²) in [5, 5.41) is 0. The van der Waals surface area contributed by atoms with Gasteiger partial charge in [0.15, 0.2) is 12.2 Å². The first kappa shape index (κ1) is 21.0. The molecule has 3 heterocycles. The van der Waals surface area contributed by atoms with Gasteiger partial charge in [0.05, 0.1) is 26.0 Å². The van der Waals surface area contributed by atoms with Gasteiger partial charge in [0.25, 0.3) is 5.91 Å². The predicted molar refractivity (Wildman–Crippen MR) is 123 cm³/mol. The number of imide groups is 1. The molecule has 2 atom stereocenters. The van der Waals surface area contributed by atoms with E-state index < -0.39 is 12.2 Å². The molecular weight excluding hydrogens is 422 g/mol. The molecule has 2 aromatic carbocycles. The van der Waals surface area contributed by atoms with Crippen molar-refractivity contribution in [3.05, 3.63) is 66.4 Å². The van der Waals surface area contributed by atoms with E-state index in [1.807, 2.05) is 70.6 Å². The van der Waals surface area contributed by atoms with Crippen LogP contribution in [0.1, 0.15) is 5.56 Å². The Morgan fingerprint density at radius 1 is 1.00 bits per heavy atom. The number of aliphatic imine (C=N–C) groups is 1. The number of fused-ring (bicyclic) bond motifs is 3. The fraction of sp³-hybridized carbons (Fsp3) is 0.292. The number of urea groups is 1. The van der Waals surface area contributed by atoms with Crippen LogP contribution in [-0.4, -0.2) is 79.2 Å². The summed E-state index contributed by atoms with van der Waals surface area (Å²) in [7, 11) is 4.85. The minimum atomic E-state index is -0.637. The average Bonchev–Trinajstić information content (AvgIpc) is 3.40. The smallest absolute Gasteiger partial charge is 0.328 e. The fourth-order valence-electron chi connectivity index (χ4n) is 4.42. The molecule has 1 fully saturated rings. The van der Waals surface area contributed by atoms with Crippen molar-refractivity contribution in [2.75, 3.05) is 39.3 Å². The molecule has 2 unspecified atom stereocenters. The van der Waals surface area contributed by atoms with Gasteiger partial charge >= 0.3 is 6.03 Å². The number of likely N-dealkylation sites (N-methyl/N-ethyl adjacent to an activating group) is 1. The van der Waals surface area contributed by atoms with E-state index in [0.717, 1.165) is 22.7 Å². The number of guanidine groups is 1. The third-order valence-corrected chi connectivity index (χ3v) is 6.13. The highest BCUT2D eigenvalue weighted by Gasteiger charge is 2.54. The topological polar surface area (TPSA) is 77.9 Å². The third-order valence-electron chi connectivity index (χ3n) is 6.13. The molecule has 2 aromatic rings. The van der Waals surface area contributed by atoms with Crippen LogP contribution in [0.15, 0.2) is 65.8 Å². The summed E-state index contributed by atoms with van der Waals surface area (Å²) in [6, 6.07) is 16.6. The van der Waals surface area contributed by atoms with Crippen LogP contribution >= 0.6 is 0 Å². The predicted octanol–water partition coefficient (Wildman–Crippen LogP) is 2.42. The number of methoxy groups -OCH3 is 2. The molecule has 0 bridgehead atoms. The highest BCUT2D eigenvalue weighted by atomic mass is 16.5. The van der Waals surface area contributed by atoms with E-state index in [0.29, 0.717) is 5.96 Å². The summed E-state index contributed by atoms with van der Waals surface area (Å²) < 4.78 is 10.4. The molecule has 0 aliphatic carbocycles. The zero-order chi connectivity index (χ0) is 23.1. The quantitative estimate of drug-likeness (QED) is 0.677. The van der Waals surface area contributed by atoms with Gasteiger partial charge < -0.3 is 14.4 Å². The van der Waals surface area contributed by atoms with Crippen LogP contribution in [0.3, 0.4) is 0 Å². The molecule has 0 spiro atoms. The number of carbonyl (C=O) groups is 2. The third kappa shape index (κ3) is 3.32. The SMILES string of the molecule is COCCN1C(=O)C2C(N=C3N(c4ccc(OC)cc4)C(c4ccccc4)=CN32)N(C)C1=O. The summed E-state index contributed by atoms with van der Waals surface area (Å²) in [6.45, 7) is 0.474. The number of anilines is 1. The summed E-state index contributed by atoms with van der Waals surface area (Å²) in [4.78, 5) is 37.8. The van der Waals surface area contributed by atoms with E-state index in [1.54, 1.807) is 21.3 Å². The van der Waals surface area contributed by atoms with Crippen LogP contribution < -0.4 is 9.64 Å². The van der Waals surface area contributed by atoms with Gasteiger partial charge in [-0.1, -0.05) is 30.3 Å². The normalized spacial score (nSPS) is 21.8. The molecule has 3 amide bonds. The van der Waals surface area contributed by atoms with E-state index in [2.05, 4.69) is 0 Å². The van der Waals surface area contributed by atoms with Crippen molar-refractivity contribution in [2.24, 2.45) is 4.99 Å². The van der Waals surface area contributed by atoms with Crippen molar-refractivity contribution in [2.45, 2.75) is 12.2 Å². The van der Waals surface area contributed by atoms with Gasteiger partial charge in [-0.05, 0) is 24.3 Å². The maximum Gasteiger partial charge on any atom is 0.328 e. The first-order valence-corrected chi connectivity index (χ1v) is 10.7. The minimum Gasteiger partial charge on any atom is -0.497 e. The first-order valence-electron chi connectivity index (χ1n) is 10.7. The van der Waals surface area contributed by atoms with E-state index in [9.17, 15) is 9.59 Å². The van der Waals surface area contributed by atoms with Crippen molar-refractivity contribution < 1.29 is 19.1 Å².